The molecule has 1 saturated carbocycles. The minimum Gasteiger partial charge on any atom is -0.476 e. The molecule has 1 saturated heterocycles. The Balaban J connectivity index is 1.60. The molecule has 3 heterocycles. The van der Waals surface area contributed by atoms with Crippen LogP contribution in [0.25, 0.3) is 10.9 Å². The van der Waals surface area contributed by atoms with Crippen LogP contribution in [0.2, 0.25) is 4.47 Å². The molecule has 3 aromatic rings. The Morgan fingerprint density at radius 2 is 2.03 bits per heavy atom. The fraction of sp³-hybridized carbons (Fsp3) is 0.429. The number of nitrogens with one attached hydrogen (secondary N) is 1. The molecule has 1 aromatic carbocycles. The molecule has 2 unspecified atom stereocenters. The van der Waals surface area contributed by atoms with Crippen LogP contribution in [0.15, 0.2) is 16.9 Å². The number of carbonyl (C=O) groups is 1. The predicted molar refractivity (Wildman–Crippen MR) is 122 cm³/mol. The maximum absolute atomic E-state index is 13.2. The number of carboxylic acid groups (broad SMARTS) is 1. The lowest BCUT2D eigenvalue weighted by molar-refractivity contribution is 0.0692. The van der Waals surface area contributed by atoms with Gasteiger partial charge in [0.25, 0.3) is 5.56 Å². The number of halogens is 1. The van der Waals surface area contributed by atoms with Crippen molar-refractivity contribution in [1.82, 2.24) is 14.5 Å². The van der Waals surface area contributed by atoms with Gasteiger partial charge in [0.05, 0.1) is 16.9 Å². The molecule has 1 aliphatic carbocycles. The second kappa shape index (κ2) is 7.20. The van der Waals surface area contributed by atoms with Gasteiger partial charge < -0.3 is 15.3 Å². The number of aromatic carboxylic acids is 1. The minimum absolute atomic E-state index is 0.0789. The van der Waals surface area contributed by atoms with Crippen molar-refractivity contribution >= 4 is 50.8 Å². The lowest BCUT2D eigenvalue weighted by Crippen LogP contribution is -2.31. The van der Waals surface area contributed by atoms with Crippen molar-refractivity contribution in [3.8, 4) is 0 Å². The Bertz CT molecular complexity index is 1280. The largest absolute Gasteiger partial charge is 0.476 e. The molecule has 2 aromatic heterocycles. The van der Waals surface area contributed by atoms with Crippen molar-refractivity contribution in [3.05, 3.63) is 43.8 Å². The summed E-state index contributed by atoms with van der Waals surface area (Å²) in [6.07, 6.45) is 1.27. The summed E-state index contributed by atoms with van der Waals surface area (Å²) < 4.78 is 1.79. The number of hydrogen-bond donors (Lipinski definition) is 2. The summed E-state index contributed by atoms with van der Waals surface area (Å²) >= 11 is 7.03. The number of fused-ring (bicyclic) bond motifs is 2. The average Bonchev–Trinajstić information content (AvgIpc) is 3.13. The lowest BCUT2D eigenvalue weighted by Gasteiger charge is -2.23. The number of hydrogen-bond acceptors (Lipinski definition) is 7. The fourth-order valence-corrected chi connectivity index (χ4v) is 5.61. The second-order valence-electron chi connectivity index (χ2n) is 8.50. The molecule has 0 bridgehead atoms. The van der Waals surface area contributed by atoms with Crippen LogP contribution in [0.4, 0.5) is 10.9 Å². The van der Waals surface area contributed by atoms with Gasteiger partial charge in [-0.15, -0.1) is 0 Å². The Morgan fingerprint density at radius 1 is 1.32 bits per heavy atom. The van der Waals surface area contributed by atoms with E-state index in [4.69, 9.17) is 16.6 Å². The molecule has 162 valence electrons. The van der Waals surface area contributed by atoms with E-state index in [0.717, 1.165) is 47.4 Å². The zero-order valence-corrected chi connectivity index (χ0v) is 18.9. The first-order chi connectivity index (χ1) is 14.7. The Kier molecular flexibility index (Phi) is 4.71. The van der Waals surface area contributed by atoms with Crippen LogP contribution in [0.3, 0.4) is 0 Å². The SMILES string of the molecule is Cc1cc([C@@H](C)Nc2sc(Cl)nc2C(=O)O)c2nc(N3CC4CC4C3)n(C)c(=O)c2c1. The van der Waals surface area contributed by atoms with Crippen LogP contribution in [0.1, 0.15) is 41.0 Å². The highest BCUT2D eigenvalue weighted by atomic mass is 35.5. The summed E-state index contributed by atoms with van der Waals surface area (Å²) in [5, 5.41) is 13.6. The van der Waals surface area contributed by atoms with Crippen molar-refractivity contribution in [2.45, 2.75) is 26.3 Å². The monoisotopic (exact) mass is 459 g/mol. The number of carboxylic acids is 1. The van der Waals surface area contributed by atoms with Crippen molar-refractivity contribution < 1.29 is 9.90 Å². The maximum Gasteiger partial charge on any atom is 0.357 e. The third-order valence-electron chi connectivity index (χ3n) is 6.21. The first-order valence-corrected chi connectivity index (χ1v) is 11.3. The van der Waals surface area contributed by atoms with E-state index in [2.05, 4.69) is 15.2 Å². The molecule has 5 rings (SSSR count). The highest BCUT2D eigenvalue weighted by molar-refractivity contribution is 7.19. The zero-order chi connectivity index (χ0) is 22.0. The summed E-state index contributed by atoms with van der Waals surface area (Å²) in [6.45, 7) is 5.72. The molecule has 2 N–H and O–H groups in total. The number of nitrogens with zero attached hydrogens (tertiary/aromatic N) is 4. The number of benzene rings is 1. The molecule has 0 amide bonds. The van der Waals surface area contributed by atoms with Crippen LogP contribution in [-0.2, 0) is 7.05 Å². The van der Waals surface area contributed by atoms with Crippen molar-refractivity contribution in [1.29, 1.82) is 0 Å². The van der Waals surface area contributed by atoms with Gasteiger partial charge in [-0.2, -0.15) is 0 Å². The molecule has 0 radical (unpaired) electrons. The Labute approximate surface area is 187 Å². The van der Waals surface area contributed by atoms with Gasteiger partial charge in [0.15, 0.2) is 10.2 Å². The Morgan fingerprint density at radius 3 is 2.71 bits per heavy atom. The van der Waals surface area contributed by atoms with E-state index in [9.17, 15) is 14.7 Å². The van der Waals surface area contributed by atoms with E-state index in [1.54, 1.807) is 11.6 Å². The number of anilines is 2. The standard InChI is InChI=1S/C21H22ClN5O3S/c1-9-4-13(10(2)23-17-16(19(29)30)24-20(22)31-17)15-14(5-9)18(28)26(3)21(25-15)27-7-11-6-12(11)8-27/h4-5,10-12,23H,6-8H2,1-3H3,(H,29,30)/t10-,11?,12?/m1/s1. The van der Waals surface area contributed by atoms with Crippen LogP contribution in [0, 0.1) is 18.8 Å². The van der Waals surface area contributed by atoms with Crippen LogP contribution in [0.5, 0.6) is 0 Å². The van der Waals surface area contributed by atoms with Gasteiger partial charge in [0, 0.05) is 25.7 Å². The highest BCUT2D eigenvalue weighted by Crippen LogP contribution is 2.46. The topological polar surface area (TPSA) is 100 Å². The van der Waals surface area contributed by atoms with E-state index in [1.807, 2.05) is 26.0 Å². The first-order valence-electron chi connectivity index (χ1n) is 10.1. The average molecular weight is 460 g/mol. The van der Waals surface area contributed by atoms with Gasteiger partial charge in [0.1, 0.15) is 5.00 Å². The summed E-state index contributed by atoms with van der Waals surface area (Å²) in [7, 11) is 1.77. The van der Waals surface area contributed by atoms with Crippen LogP contribution >= 0.6 is 22.9 Å². The number of rotatable bonds is 5. The zero-order valence-electron chi connectivity index (χ0n) is 17.3. The van der Waals surface area contributed by atoms with Crippen molar-refractivity contribution in [2.75, 3.05) is 23.3 Å². The smallest absolute Gasteiger partial charge is 0.357 e. The van der Waals surface area contributed by atoms with E-state index < -0.39 is 5.97 Å². The minimum atomic E-state index is -1.14. The van der Waals surface area contributed by atoms with Gasteiger partial charge in [-0.1, -0.05) is 29.0 Å². The third-order valence-corrected chi connectivity index (χ3v) is 7.30. The van der Waals surface area contributed by atoms with E-state index in [-0.39, 0.29) is 21.8 Å². The van der Waals surface area contributed by atoms with Crippen molar-refractivity contribution in [2.24, 2.45) is 18.9 Å². The number of aromatic nitrogens is 3. The summed E-state index contributed by atoms with van der Waals surface area (Å²) in [5.74, 6) is 0.982. The summed E-state index contributed by atoms with van der Waals surface area (Å²) in [4.78, 5) is 35.7. The summed E-state index contributed by atoms with van der Waals surface area (Å²) in [6, 6.07) is 3.54. The Hall–Kier alpha value is -2.65. The van der Waals surface area contributed by atoms with Gasteiger partial charge in [-0.3, -0.25) is 9.36 Å². The third kappa shape index (κ3) is 3.45. The fourth-order valence-electron chi connectivity index (χ4n) is 4.53. The molecule has 1 aliphatic heterocycles. The molecule has 2 fully saturated rings. The van der Waals surface area contributed by atoms with Gasteiger partial charge in [-0.05, 0) is 43.7 Å². The van der Waals surface area contributed by atoms with Crippen LogP contribution < -0.4 is 15.8 Å². The van der Waals surface area contributed by atoms with Gasteiger partial charge in [0.2, 0.25) is 5.95 Å². The van der Waals surface area contributed by atoms with Crippen LogP contribution in [-0.4, -0.2) is 38.7 Å². The second-order valence-corrected chi connectivity index (χ2v) is 10.1. The van der Waals surface area contributed by atoms with Gasteiger partial charge >= 0.3 is 5.97 Å². The number of thiazole rings is 1. The molecule has 3 atom stereocenters. The van der Waals surface area contributed by atoms with E-state index in [1.165, 1.54) is 6.42 Å². The quantitative estimate of drug-likeness (QED) is 0.600. The van der Waals surface area contributed by atoms with E-state index >= 15 is 0 Å². The highest BCUT2D eigenvalue weighted by Gasteiger charge is 2.46. The lowest BCUT2D eigenvalue weighted by atomic mass is 10.0. The van der Waals surface area contributed by atoms with Gasteiger partial charge in [-0.25, -0.2) is 14.8 Å². The molecular formula is C21H22ClN5O3S. The molecule has 10 heteroatoms. The molecule has 8 nitrogen and oxygen atoms in total. The number of piperidine rings is 1. The van der Waals surface area contributed by atoms with E-state index in [0.29, 0.717) is 21.9 Å². The normalized spacial score (nSPS) is 20.7. The first kappa shape index (κ1) is 20.3. The predicted octanol–water partition coefficient (Wildman–Crippen LogP) is 3.68. The molecule has 2 aliphatic rings. The van der Waals surface area contributed by atoms with Crippen molar-refractivity contribution in [3.63, 3.8) is 0 Å². The summed E-state index contributed by atoms with van der Waals surface area (Å²) in [5.41, 5.74) is 2.21. The maximum atomic E-state index is 13.2. The molecule has 31 heavy (non-hydrogen) atoms. The molecule has 0 spiro atoms. The molecular weight excluding hydrogens is 438 g/mol. The number of aryl methyl sites for hydroxylation is 1.